The molecule has 0 aromatic heterocycles. The number of sulfonamides is 1. The van der Waals surface area contributed by atoms with Gasteiger partial charge in [0.05, 0.1) is 10.5 Å². The molecule has 22 heavy (non-hydrogen) atoms. The predicted molar refractivity (Wildman–Crippen MR) is 79.6 cm³/mol. The molecule has 0 saturated heterocycles. The van der Waals surface area contributed by atoms with Gasteiger partial charge in [0.1, 0.15) is 0 Å². The Bertz CT molecular complexity index is 758. The minimum atomic E-state index is -4.53. The van der Waals surface area contributed by atoms with Crippen LogP contribution in [0.15, 0.2) is 57.9 Å². The van der Waals surface area contributed by atoms with Gasteiger partial charge in [-0.3, -0.25) is 0 Å². The lowest BCUT2D eigenvalue weighted by Crippen LogP contribution is -2.24. The van der Waals surface area contributed by atoms with E-state index in [9.17, 15) is 21.6 Å². The van der Waals surface area contributed by atoms with Crippen LogP contribution in [-0.4, -0.2) is 8.42 Å². The van der Waals surface area contributed by atoms with Crippen molar-refractivity contribution in [3.05, 3.63) is 64.1 Å². The van der Waals surface area contributed by atoms with Crippen LogP contribution in [0.2, 0.25) is 0 Å². The Hall–Kier alpha value is -1.38. The van der Waals surface area contributed by atoms with Gasteiger partial charge in [0.15, 0.2) is 0 Å². The number of hydrogen-bond acceptors (Lipinski definition) is 2. The molecule has 0 atom stereocenters. The van der Waals surface area contributed by atoms with Gasteiger partial charge in [-0.15, -0.1) is 0 Å². The Balaban J connectivity index is 2.22. The average molecular weight is 394 g/mol. The maximum Gasteiger partial charge on any atom is 0.416 e. The normalized spacial score (nSPS) is 12.4. The van der Waals surface area contributed by atoms with Gasteiger partial charge in [-0.1, -0.05) is 34.1 Å². The zero-order chi connectivity index (χ0) is 16.4. The lowest BCUT2D eigenvalue weighted by molar-refractivity contribution is -0.138. The van der Waals surface area contributed by atoms with Crippen molar-refractivity contribution in [3.63, 3.8) is 0 Å². The van der Waals surface area contributed by atoms with E-state index in [0.29, 0.717) is 4.47 Å². The number of benzene rings is 2. The molecule has 0 aliphatic rings. The van der Waals surface area contributed by atoms with Crippen molar-refractivity contribution in [2.45, 2.75) is 17.6 Å². The second kappa shape index (κ2) is 6.39. The standard InChI is InChI=1S/C14H11BrF3NO2S/c15-11-5-7-12(8-6-11)22(20,21)19-9-10-3-1-2-4-13(10)14(16,17)18/h1-8,19H,9H2. The first kappa shape index (κ1) is 17.0. The van der Waals surface area contributed by atoms with Crippen molar-refractivity contribution < 1.29 is 21.6 Å². The van der Waals surface area contributed by atoms with E-state index in [4.69, 9.17) is 0 Å². The summed E-state index contributed by atoms with van der Waals surface area (Å²) < 4.78 is 65.6. The second-order valence-electron chi connectivity index (χ2n) is 4.43. The van der Waals surface area contributed by atoms with E-state index in [1.54, 1.807) is 0 Å². The van der Waals surface area contributed by atoms with Crippen molar-refractivity contribution in [1.82, 2.24) is 4.72 Å². The van der Waals surface area contributed by atoms with E-state index in [0.717, 1.165) is 6.07 Å². The van der Waals surface area contributed by atoms with Crippen LogP contribution in [0.3, 0.4) is 0 Å². The van der Waals surface area contributed by atoms with Gasteiger partial charge in [0.2, 0.25) is 10.0 Å². The second-order valence-corrected chi connectivity index (χ2v) is 7.12. The van der Waals surface area contributed by atoms with Gasteiger partial charge in [0, 0.05) is 11.0 Å². The SMILES string of the molecule is O=S(=O)(NCc1ccccc1C(F)(F)F)c1ccc(Br)cc1. The minimum Gasteiger partial charge on any atom is -0.207 e. The fourth-order valence-electron chi connectivity index (χ4n) is 1.82. The minimum absolute atomic E-state index is 0.0137. The summed E-state index contributed by atoms with van der Waals surface area (Å²) >= 11 is 3.18. The summed E-state index contributed by atoms with van der Waals surface area (Å²) in [6, 6.07) is 10.7. The Labute approximate surface area is 134 Å². The molecule has 1 N–H and O–H groups in total. The summed E-state index contributed by atoms with van der Waals surface area (Å²) in [5.74, 6) is 0. The third kappa shape index (κ3) is 4.08. The highest BCUT2D eigenvalue weighted by molar-refractivity contribution is 9.10. The molecular formula is C14H11BrF3NO2S. The molecule has 0 fully saturated rings. The van der Waals surface area contributed by atoms with E-state index in [1.165, 1.54) is 42.5 Å². The smallest absolute Gasteiger partial charge is 0.207 e. The summed E-state index contributed by atoms with van der Waals surface area (Å²) in [5, 5.41) is 0. The van der Waals surface area contributed by atoms with Crippen LogP contribution in [0.1, 0.15) is 11.1 Å². The Morgan fingerprint density at radius 2 is 1.59 bits per heavy atom. The van der Waals surface area contributed by atoms with Crippen LogP contribution in [0, 0.1) is 0 Å². The van der Waals surface area contributed by atoms with Crippen LogP contribution < -0.4 is 4.72 Å². The highest BCUT2D eigenvalue weighted by Gasteiger charge is 2.33. The largest absolute Gasteiger partial charge is 0.416 e. The van der Waals surface area contributed by atoms with Gasteiger partial charge in [-0.25, -0.2) is 13.1 Å². The van der Waals surface area contributed by atoms with Crippen molar-refractivity contribution in [2.24, 2.45) is 0 Å². The van der Waals surface area contributed by atoms with Crippen LogP contribution in [-0.2, 0) is 22.7 Å². The topological polar surface area (TPSA) is 46.2 Å². The molecule has 0 saturated carbocycles. The molecule has 0 amide bonds. The first-order chi connectivity index (χ1) is 10.2. The molecule has 0 radical (unpaired) electrons. The van der Waals surface area contributed by atoms with Gasteiger partial charge in [-0.2, -0.15) is 13.2 Å². The van der Waals surface area contributed by atoms with E-state index in [2.05, 4.69) is 20.7 Å². The van der Waals surface area contributed by atoms with Crippen LogP contribution in [0.25, 0.3) is 0 Å². The van der Waals surface area contributed by atoms with E-state index >= 15 is 0 Å². The molecule has 0 heterocycles. The fraction of sp³-hybridized carbons (Fsp3) is 0.143. The molecule has 0 aliphatic heterocycles. The summed E-state index contributed by atoms with van der Waals surface area (Å²) in [6.45, 7) is -0.436. The van der Waals surface area contributed by atoms with Crippen molar-refractivity contribution in [2.75, 3.05) is 0 Å². The molecule has 8 heteroatoms. The zero-order valence-electron chi connectivity index (χ0n) is 11.1. The lowest BCUT2D eigenvalue weighted by Gasteiger charge is -2.13. The van der Waals surface area contributed by atoms with Gasteiger partial charge in [0.25, 0.3) is 0 Å². The van der Waals surface area contributed by atoms with Gasteiger partial charge < -0.3 is 0 Å². The molecule has 3 nitrogen and oxygen atoms in total. The number of nitrogens with one attached hydrogen (secondary N) is 1. The first-order valence-corrected chi connectivity index (χ1v) is 8.38. The number of rotatable bonds is 4. The Morgan fingerprint density at radius 1 is 1.00 bits per heavy atom. The average Bonchev–Trinajstić information content (AvgIpc) is 2.45. The fourth-order valence-corrected chi connectivity index (χ4v) is 3.09. The molecule has 2 aromatic rings. The highest BCUT2D eigenvalue weighted by atomic mass is 79.9. The van der Waals surface area contributed by atoms with E-state index in [1.807, 2.05) is 0 Å². The van der Waals surface area contributed by atoms with Gasteiger partial charge >= 0.3 is 6.18 Å². The molecular weight excluding hydrogens is 383 g/mol. The first-order valence-electron chi connectivity index (χ1n) is 6.10. The predicted octanol–water partition coefficient (Wildman–Crippen LogP) is 3.95. The van der Waals surface area contributed by atoms with E-state index in [-0.39, 0.29) is 10.5 Å². The molecule has 2 aromatic carbocycles. The number of alkyl halides is 3. The van der Waals surface area contributed by atoms with Crippen LogP contribution in [0.5, 0.6) is 0 Å². The molecule has 0 bridgehead atoms. The highest BCUT2D eigenvalue weighted by Crippen LogP contribution is 2.31. The number of hydrogen-bond donors (Lipinski definition) is 1. The maximum atomic E-state index is 12.9. The summed E-state index contributed by atoms with van der Waals surface area (Å²) in [7, 11) is -3.88. The molecule has 2 rings (SSSR count). The Morgan fingerprint density at radius 3 is 2.18 bits per heavy atom. The van der Waals surface area contributed by atoms with Crippen molar-refractivity contribution >= 4 is 26.0 Å². The van der Waals surface area contributed by atoms with Crippen molar-refractivity contribution in [1.29, 1.82) is 0 Å². The van der Waals surface area contributed by atoms with Crippen molar-refractivity contribution in [3.8, 4) is 0 Å². The summed E-state index contributed by atoms with van der Waals surface area (Å²) in [5.41, 5.74) is -0.982. The monoisotopic (exact) mass is 393 g/mol. The third-order valence-corrected chi connectivity index (χ3v) is 4.85. The Kier molecular flexibility index (Phi) is 4.93. The number of halogens is 4. The maximum absolute atomic E-state index is 12.9. The molecule has 0 spiro atoms. The summed E-state index contributed by atoms with van der Waals surface area (Å²) in [4.78, 5) is -0.0137. The molecule has 0 unspecified atom stereocenters. The van der Waals surface area contributed by atoms with Crippen LogP contribution in [0.4, 0.5) is 13.2 Å². The molecule has 0 aliphatic carbocycles. The lowest BCUT2D eigenvalue weighted by atomic mass is 10.1. The zero-order valence-corrected chi connectivity index (χ0v) is 13.5. The van der Waals surface area contributed by atoms with E-state index < -0.39 is 28.3 Å². The quantitative estimate of drug-likeness (QED) is 0.854. The summed E-state index contributed by atoms with van der Waals surface area (Å²) in [6.07, 6.45) is -4.53. The molecule has 118 valence electrons. The third-order valence-electron chi connectivity index (χ3n) is 2.90. The van der Waals surface area contributed by atoms with Gasteiger partial charge in [-0.05, 0) is 35.9 Å². The van der Waals surface area contributed by atoms with Crippen LogP contribution >= 0.6 is 15.9 Å².